The number of esters is 4. The number of carbonyl (C=O) groups excluding carboxylic acids is 4. The van der Waals surface area contributed by atoms with Crippen LogP contribution < -0.4 is 0 Å². The number of likely N-dealkylation sites (N-methyl/N-ethyl adjacent to an activating group) is 2. The summed E-state index contributed by atoms with van der Waals surface area (Å²) in [6.45, 7) is 21.4. The molecule has 19 nitrogen and oxygen atoms in total. The first-order valence-electron chi connectivity index (χ1n) is 22.7. The zero-order chi connectivity index (χ0) is 49.7. The Morgan fingerprint density at radius 2 is 1.45 bits per heavy atom. The van der Waals surface area contributed by atoms with Crippen LogP contribution in [0, 0.1) is 17.8 Å². The topological polar surface area (TPSA) is 221 Å². The van der Waals surface area contributed by atoms with E-state index in [0.717, 1.165) is 6.26 Å². The van der Waals surface area contributed by atoms with Gasteiger partial charge in [0.2, 0.25) is 0 Å². The first-order chi connectivity index (χ1) is 29.8. The Morgan fingerprint density at radius 3 is 1.95 bits per heavy atom. The molecular formula is C45H80N2O17S. The molecule has 0 saturated carbocycles. The summed E-state index contributed by atoms with van der Waals surface area (Å²) in [5, 5.41) is 12.3. The van der Waals surface area contributed by atoms with Gasteiger partial charge >= 0.3 is 23.9 Å². The Labute approximate surface area is 387 Å². The minimum absolute atomic E-state index is 0.0270. The van der Waals surface area contributed by atoms with Crippen LogP contribution in [0.4, 0.5) is 0 Å². The average Bonchev–Trinajstić information content (AvgIpc) is 3.16. The van der Waals surface area contributed by atoms with Gasteiger partial charge in [-0.25, -0.2) is 0 Å². The van der Waals surface area contributed by atoms with Crippen LogP contribution in [-0.2, 0) is 76.1 Å². The van der Waals surface area contributed by atoms with Crippen molar-refractivity contribution in [1.82, 2.24) is 9.80 Å². The third-order valence-electron chi connectivity index (χ3n) is 13.3. The van der Waals surface area contributed by atoms with Gasteiger partial charge in [0.15, 0.2) is 18.7 Å². The molecule has 3 heterocycles. The molecule has 1 N–H and O–H groups in total. The van der Waals surface area contributed by atoms with Crippen LogP contribution in [0.2, 0.25) is 0 Å². The van der Waals surface area contributed by atoms with Gasteiger partial charge in [-0.2, -0.15) is 8.42 Å². The number of carbonyl (C=O) groups is 4. The molecule has 3 fully saturated rings. The quantitative estimate of drug-likeness (QED) is 0.168. The van der Waals surface area contributed by atoms with Crippen molar-refractivity contribution in [3.63, 3.8) is 0 Å². The third kappa shape index (κ3) is 14.5. The van der Waals surface area contributed by atoms with Crippen LogP contribution in [0.1, 0.15) is 116 Å². The highest BCUT2D eigenvalue weighted by molar-refractivity contribution is 7.86. The Balaban J connectivity index is 2.39. The molecule has 3 aliphatic heterocycles. The summed E-state index contributed by atoms with van der Waals surface area (Å²) < 4.78 is 88.3. The van der Waals surface area contributed by atoms with Gasteiger partial charge in [0.05, 0.1) is 30.5 Å². The predicted octanol–water partition coefficient (Wildman–Crippen LogP) is 3.60. The van der Waals surface area contributed by atoms with Gasteiger partial charge in [0.25, 0.3) is 10.1 Å². The predicted molar refractivity (Wildman–Crippen MR) is 237 cm³/mol. The molecule has 378 valence electrons. The molecule has 3 rings (SSSR count). The van der Waals surface area contributed by atoms with E-state index >= 15 is 0 Å². The maximum absolute atomic E-state index is 14.8. The minimum Gasteiger partial charge on any atom is -0.459 e. The van der Waals surface area contributed by atoms with E-state index in [1.165, 1.54) is 34.8 Å². The van der Waals surface area contributed by atoms with Crippen molar-refractivity contribution >= 4 is 34.0 Å². The fourth-order valence-corrected chi connectivity index (χ4v) is 10.8. The monoisotopic (exact) mass is 953 g/mol. The van der Waals surface area contributed by atoms with E-state index < -0.39 is 136 Å². The fraction of sp³-hybridized carbons (Fsp3) is 0.911. The Bertz CT molecular complexity index is 1730. The van der Waals surface area contributed by atoms with E-state index in [4.69, 9.17) is 46.8 Å². The van der Waals surface area contributed by atoms with Crippen LogP contribution in [0.3, 0.4) is 0 Å². The molecule has 20 heteroatoms. The zero-order valence-corrected chi connectivity index (χ0v) is 42.8. The molecule has 0 radical (unpaired) electrons. The molecule has 65 heavy (non-hydrogen) atoms. The molecule has 0 aromatic carbocycles. The molecule has 0 spiro atoms. The minimum atomic E-state index is -4.09. The number of aliphatic hydroxyl groups is 1. The molecule has 18 atom stereocenters. The number of hydrogen-bond donors (Lipinski definition) is 1. The Morgan fingerprint density at radius 1 is 0.862 bits per heavy atom. The molecule has 0 aromatic rings. The van der Waals surface area contributed by atoms with Crippen molar-refractivity contribution in [2.24, 2.45) is 17.8 Å². The van der Waals surface area contributed by atoms with E-state index in [1.807, 2.05) is 23.6 Å². The maximum Gasteiger partial charge on any atom is 0.311 e. The van der Waals surface area contributed by atoms with Gasteiger partial charge in [-0.3, -0.25) is 28.3 Å². The number of cyclic esters (lactones) is 1. The van der Waals surface area contributed by atoms with Crippen molar-refractivity contribution in [3.8, 4) is 0 Å². The summed E-state index contributed by atoms with van der Waals surface area (Å²) in [6.07, 6.45) is -8.84. The smallest absolute Gasteiger partial charge is 0.311 e. The normalized spacial score (nSPS) is 42.0. The van der Waals surface area contributed by atoms with Crippen LogP contribution >= 0.6 is 0 Å². The van der Waals surface area contributed by atoms with E-state index in [0.29, 0.717) is 13.0 Å². The van der Waals surface area contributed by atoms with Crippen LogP contribution in [-0.4, -0.2) is 179 Å². The Kier molecular flexibility index (Phi) is 19.8. The lowest BCUT2D eigenvalue weighted by Gasteiger charge is -2.50. The molecule has 0 aromatic heterocycles. The number of rotatable bonds is 12. The van der Waals surface area contributed by atoms with Gasteiger partial charge in [-0.15, -0.1) is 0 Å². The van der Waals surface area contributed by atoms with E-state index in [2.05, 4.69) is 0 Å². The largest absolute Gasteiger partial charge is 0.459 e. The standard InChI is InChI=1S/C45H80N2O17S/c1-19-34-45(13,52)39(58-30(8)48)28(6)47(16)23-24(2)21-44(12,63-32(10)50)38(62-42-37(64-65(18,53)54)33(46(14)15)20-25(3)56-42)26(4)36(27(5)41(51)60-34)61-35-22-43(11,55-17)40(29(7)57-35)59-31(9)49/h24-29,33-40,42,52H,19-23H2,1-18H3/t24-,25-,26+,27-,28-,29+,33?,34-,35+,36+,37-,38-,39-,40+,42+,43-,44+,45-/m1/s1. The van der Waals surface area contributed by atoms with Crippen molar-refractivity contribution in [3.05, 3.63) is 0 Å². The molecule has 3 aliphatic rings. The average molecular weight is 953 g/mol. The lowest BCUT2D eigenvalue weighted by molar-refractivity contribution is -0.317. The van der Waals surface area contributed by atoms with Gasteiger partial charge in [0.1, 0.15) is 41.2 Å². The molecule has 1 unspecified atom stereocenters. The maximum atomic E-state index is 14.8. The number of hydrogen-bond acceptors (Lipinski definition) is 19. The first-order valence-corrected chi connectivity index (χ1v) is 24.5. The Hall–Kier alpha value is -2.53. The van der Waals surface area contributed by atoms with Gasteiger partial charge in [0, 0.05) is 58.8 Å². The van der Waals surface area contributed by atoms with Crippen LogP contribution in [0.15, 0.2) is 0 Å². The second-order valence-electron chi connectivity index (χ2n) is 19.7. The summed E-state index contributed by atoms with van der Waals surface area (Å²) in [6, 6.07) is -1.14. The highest BCUT2D eigenvalue weighted by Gasteiger charge is 2.55. The summed E-state index contributed by atoms with van der Waals surface area (Å²) in [5.74, 6) is -5.05. The molecule has 3 saturated heterocycles. The van der Waals surface area contributed by atoms with Crippen LogP contribution in [0.5, 0.6) is 0 Å². The highest BCUT2D eigenvalue weighted by atomic mass is 32.2. The third-order valence-corrected chi connectivity index (χ3v) is 13.9. The SMILES string of the molecule is CC[C@H]1OC(=O)[C@H](C)[C@@H](O[C@H]2C[C@@](C)(OC)[C@@H](OC(C)=O)[C@H](C)O2)[C@H](C)[C@@H](O[C@@H]2O[C@H](C)CC(N(C)C)[C@H]2OS(C)(=O)=O)[C@@](C)(OC(C)=O)C[C@@H](C)CN(C)[C@H](C)[C@@H](OC(C)=O)[C@]1(C)O. The van der Waals surface area contributed by atoms with Gasteiger partial charge in [-0.1, -0.05) is 20.8 Å². The zero-order valence-electron chi connectivity index (χ0n) is 42.0. The summed E-state index contributed by atoms with van der Waals surface area (Å²) >= 11 is 0. The summed E-state index contributed by atoms with van der Waals surface area (Å²) in [5.41, 5.74) is -4.57. The summed E-state index contributed by atoms with van der Waals surface area (Å²) in [7, 11) is 2.79. The number of ether oxygens (including phenoxy) is 9. The summed E-state index contributed by atoms with van der Waals surface area (Å²) in [4.78, 5) is 56.6. The molecular weight excluding hydrogens is 873 g/mol. The highest BCUT2D eigenvalue weighted by Crippen LogP contribution is 2.42. The lowest BCUT2D eigenvalue weighted by atomic mass is 9.77. The molecule has 0 bridgehead atoms. The van der Waals surface area contributed by atoms with Crippen LogP contribution in [0.25, 0.3) is 0 Å². The second kappa shape index (κ2) is 22.7. The first kappa shape index (κ1) is 56.8. The molecule has 0 amide bonds. The van der Waals surface area contributed by atoms with Crippen molar-refractivity contribution in [2.75, 3.05) is 41.1 Å². The number of methoxy groups -OCH3 is 1. The van der Waals surface area contributed by atoms with Gasteiger partial charge < -0.3 is 52.6 Å². The van der Waals surface area contributed by atoms with Crippen molar-refractivity contribution in [1.29, 1.82) is 0 Å². The lowest BCUT2D eigenvalue weighted by Crippen LogP contribution is -2.62. The van der Waals surface area contributed by atoms with E-state index in [-0.39, 0.29) is 25.2 Å². The molecule has 0 aliphatic carbocycles. The van der Waals surface area contributed by atoms with Gasteiger partial charge in [-0.05, 0) is 94.8 Å². The van der Waals surface area contributed by atoms with Crippen molar-refractivity contribution in [2.45, 2.75) is 206 Å². The van der Waals surface area contributed by atoms with E-state index in [1.54, 1.807) is 69.6 Å². The van der Waals surface area contributed by atoms with Crippen molar-refractivity contribution < 1.29 is 79.5 Å². The second-order valence-corrected chi connectivity index (χ2v) is 21.3. The fourth-order valence-electron chi connectivity index (χ4n) is 10.2. The number of nitrogens with zero attached hydrogens (tertiary/aromatic N) is 2. The van der Waals surface area contributed by atoms with E-state index in [9.17, 15) is 32.7 Å².